The van der Waals surface area contributed by atoms with Crippen LogP contribution >= 0.6 is 0 Å². The van der Waals surface area contributed by atoms with Crippen LogP contribution in [0.15, 0.2) is 18.2 Å². The average Bonchev–Trinajstić information content (AvgIpc) is 2.83. The summed E-state index contributed by atoms with van der Waals surface area (Å²) in [7, 11) is 0. The van der Waals surface area contributed by atoms with E-state index in [1.165, 1.54) is 12.1 Å². The molecule has 0 aliphatic rings. The highest BCUT2D eigenvalue weighted by atomic mass is 16.6. The Morgan fingerprint density at radius 1 is 0.795 bits per heavy atom. The Labute approximate surface area is 232 Å². The molecule has 0 radical (unpaired) electrons. The van der Waals surface area contributed by atoms with Crippen LogP contribution in [0.25, 0.3) is 0 Å². The average molecular weight is 550 g/mol. The molecule has 0 aliphatic carbocycles. The lowest BCUT2D eigenvalue weighted by atomic mass is 9.79. The molecule has 0 aliphatic heterocycles. The number of hydrogen-bond donors (Lipinski definition) is 2. The number of carbonyl (C=O) groups is 4. The quantitative estimate of drug-likeness (QED) is 0.237. The van der Waals surface area contributed by atoms with E-state index in [1.54, 1.807) is 33.8 Å². The molecule has 0 fully saturated rings. The van der Waals surface area contributed by atoms with E-state index in [1.807, 2.05) is 41.5 Å². The fraction of sp³-hybridized carbons (Fsp3) is 0.667. The van der Waals surface area contributed by atoms with Crippen molar-refractivity contribution in [1.29, 1.82) is 0 Å². The maximum absolute atomic E-state index is 12.9. The minimum atomic E-state index is -1.35. The summed E-state index contributed by atoms with van der Waals surface area (Å²) in [4.78, 5) is 49.9. The number of carbonyl (C=O) groups excluding carboxylic acids is 3. The van der Waals surface area contributed by atoms with Gasteiger partial charge in [0, 0.05) is 18.3 Å². The van der Waals surface area contributed by atoms with Crippen molar-refractivity contribution in [2.24, 2.45) is 41.2 Å². The van der Waals surface area contributed by atoms with E-state index in [0.717, 1.165) is 0 Å². The maximum Gasteiger partial charge on any atom is 0.321 e. The van der Waals surface area contributed by atoms with Crippen molar-refractivity contribution in [3.8, 4) is 11.5 Å². The molecular formula is C30H47NO8. The van der Waals surface area contributed by atoms with Gasteiger partial charge in [0.1, 0.15) is 12.1 Å². The van der Waals surface area contributed by atoms with Crippen LogP contribution < -0.4 is 15.2 Å². The van der Waals surface area contributed by atoms with Gasteiger partial charge in [0.2, 0.25) is 0 Å². The summed E-state index contributed by atoms with van der Waals surface area (Å²) in [5.41, 5.74) is 6.59. The standard InChI is InChI=1S/C30H47NO8/c1-15(2)13-25(32)37-21(10)20(9)26(27(31)28(33)34)22-11-12-23(38-29(35)18(7)16(3)4)24(14-22)39-30(36)19(8)17(5)6/h11-12,14-21,26-27H,13,31H2,1-10H3,(H,33,34)/t18?,19?,20?,21?,26?,27-/m0/s1. The monoisotopic (exact) mass is 549 g/mol. The minimum Gasteiger partial charge on any atom is -0.480 e. The van der Waals surface area contributed by atoms with Crippen molar-refractivity contribution in [3.63, 3.8) is 0 Å². The van der Waals surface area contributed by atoms with Crippen LogP contribution in [-0.4, -0.2) is 41.1 Å². The number of benzene rings is 1. The zero-order valence-electron chi connectivity index (χ0n) is 25.0. The van der Waals surface area contributed by atoms with Gasteiger partial charge in [-0.2, -0.15) is 0 Å². The Balaban J connectivity index is 3.54. The van der Waals surface area contributed by atoms with Crippen molar-refractivity contribution >= 4 is 23.9 Å². The van der Waals surface area contributed by atoms with E-state index in [9.17, 15) is 24.3 Å². The molecule has 9 nitrogen and oxygen atoms in total. The Kier molecular flexibility index (Phi) is 13.1. The van der Waals surface area contributed by atoms with E-state index in [0.29, 0.717) is 5.56 Å². The first-order chi connectivity index (χ1) is 18.0. The molecule has 0 saturated heterocycles. The van der Waals surface area contributed by atoms with Gasteiger partial charge in [-0.1, -0.05) is 68.4 Å². The van der Waals surface area contributed by atoms with Crippen LogP contribution in [0.3, 0.4) is 0 Å². The Morgan fingerprint density at radius 2 is 1.28 bits per heavy atom. The summed E-state index contributed by atoms with van der Waals surface area (Å²) >= 11 is 0. The van der Waals surface area contributed by atoms with Crippen LogP contribution in [0.1, 0.15) is 87.1 Å². The van der Waals surface area contributed by atoms with Crippen LogP contribution in [0.4, 0.5) is 0 Å². The molecule has 39 heavy (non-hydrogen) atoms. The summed E-state index contributed by atoms with van der Waals surface area (Å²) in [6.07, 6.45) is -0.418. The summed E-state index contributed by atoms with van der Waals surface area (Å²) in [5.74, 6) is -4.61. The predicted molar refractivity (Wildman–Crippen MR) is 148 cm³/mol. The molecule has 1 aromatic rings. The lowest BCUT2D eigenvalue weighted by Gasteiger charge is -2.32. The smallest absolute Gasteiger partial charge is 0.321 e. The minimum absolute atomic E-state index is 0.00206. The molecule has 0 spiro atoms. The van der Waals surface area contributed by atoms with Crippen molar-refractivity contribution in [1.82, 2.24) is 0 Å². The first-order valence-corrected chi connectivity index (χ1v) is 13.7. The first-order valence-electron chi connectivity index (χ1n) is 13.7. The van der Waals surface area contributed by atoms with E-state index in [4.69, 9.17) is 19.9 Å². The summed E-state index contributed by atoms with van der Waals surface area (Å²) in [6.45, 7) is 18.3. The molecule has 0 saturated carbocycles. The number of esters is 3. The molecule has 0 bridgehead atoms. The number of aliphatic carboxylic acids is 1. The highest BCUT2D eigenvalue weighted by Crippen LogP contribution is 2.38. The van der Waals surface area contributed by atoms with Gasteiger partial charge in [0.05, 0.1) is 11.8 Å². The number of rotatable bonds is 14. The fourth-order valence-corrected chi connectivity index (χ4v) is 3.82. The van der Waals surface area contributed by atoms with E-state index < -0.39 is 53.7 Å². The third-order valence-corrected chi connectivity index (χ3v) is 7.39. The first kappa shape index (κ1) is 34.1. The molecule has 0 aromatic heterocycles. The van der Waals surface area contributed by atoms with Gasteiger partial charge in [-0.3, -0.25) is 19.2 Å². The predicted octanol–water partition coefficient (Wildman–Crippen LogP) is 5.19. The molecule has 6 atom stereocenters. The Hall–Kier alpha value is -2.94. The molecule has 1 rings (SSSR count). The van der Waals surface area contributed by atoms with Gasteiger partial charge in [0.15, 0.2) is 11.5 Å². The number of nitrogens with two attached hydrogens (primary N) is 1. The zero-order valence-corrected chi connectivity index (χ0v) is 25.0. The number of ether oxygens (including phenoxy) is 3. The second-order valence-electron chi connectivity index (χ2n) is 11.7. The molecule has 1 aromatic carbocycles. The van der Waals surface area contributed by atoms with Crippen LogP contribution in [0, 0.1) is 35.5 Å². The lowest BCUT2D eigenvalue weighted by molar-refractivity contribution is -0.152. The molecule has 9 heteroatoms. The van der Waals surface area contributed by atoms with Gasteiger partial charge in [0.25, 0.3) is 0 Å². The van der Waals surface area contributed by atoms with Crippen LogP contribution in [-0.2, 0) is 23.9 Å². The maximum atomic E-state index is 12.9. The van der Waals surface area contributed by atoms with Gasteiger partial charge in [-0.15, -0.1) is 0 Å². The third-order valence-electron chi connectivity index (χ3n) is 7.39. The van der Waals surface area contributed by atoms with Crippen molar-refractivity contribution in [2.75, 3.05) is 0 Å². The van der Waals surface area contributed by atoms with Gasteiger partial charge < -0.3 is 25.1 Å². The van der Waals surface area contributed by atoms with Crippen LogP contribution in [0.5, 0.6) is 11.5 Å². The van der Waals surface area contributed by atoms with E-state index in [-0.39, 0.29) is 41.6 Å². The molecule has 220 valence electrons. The highest BCUT2D eigenvalue weighted by Gasteiger charge is 2.36. The molecule has 3 N–H and O–H groups in total. The fourth-order valence-electron chi connectivity index (χ4n) is 3.82. The Morgan fingerprint density at radius 3 is 1.72 bits per heavy atom. The SMILES string of the molecule is CC(C)CC(=O)OC(C)C(C)C(c1ccc(OC(=O)C(C)C(C)C)c(OC(=O)C(C)C(C)C)c1)[C@H](N)C(=O)O. The molecule has 0 heterocycles. The second-order valence-corrected chi connectivity index (χ2v) is 11.7. The molecule has 0 amide bonds. The molecule has 5 unspecified atom stereocenters. The lowest BCUT2D eigenvalue weighted by Crippen LogP contribution is -2.42. The van der Waals surface area contributed by atoms with Gasteiger partial charge >= 0.3 is 23.9 Å². The van der Waals surface area contributed by atoms with Gasteiger partial charge in [-0.25, -0.2) is 0 Å². The number of carboxylic acids is 1. The van der Waals surface area contributed by atoms with Crippen molar-refractivity contribution in [2.45, 2.75) is 93.7 Å². The summed E-state index contributed by atoms with van der Waals surface area (Å²) < 4.78 is 16.9. The zero-order chi connectivity index (χ0) is 30.2. The summed E-state index contributed by atoms with van der Waals surface area (Å²) in [6, 6.07) is 3.21. The highest BCUT2D eigenvalue weighted by molar-refractivity contribution is 5.79. The Bertz CT molecular complexity index is 1000. The summed E-state index contributed by atoms with van der Waals surface area (Å²) in [5, 5.41) is 9.79. The van der Waals surface area contributed by atoms with E-state index in [2.05, 4.69) is 0 Å². The number of carboxylic acid groups (broad SMARTS) is 1. The molecular weight excluding hydrogens is 502 g/mol. The second kappa shape index (κ2) is 15.0. The van der Waals surface area contributed by atoms with Crippen LogP contribution in [0.2, 0.25) is 0 Å². The largest absolute Gasteiger partial charge is 0.480 e. The van der Waals surface area contributed by atoms with E-state index >= 15 is 0 Å². The topological polar surface area (TPSA) is 142 Å². The number of hydrogen-bond acceptors (Lipinski definition) is 8. The van der Waals surface area contributed by atoms with Crippen molar-refractivity contribution < 1.29 is 38.5 Å². The van der Waals surface area contributed by atoms with Crippen molar-refractivity contribution in [3.05, 3.63) is 23.8 Å². The normalized spacial score (nSPS) is 16.3. The van der Waals surface area contributed by atoms with Gasteiger partial charge in [-0.05, 0) is 42.4 Å². The third kappa shape index (κ3) is 9.95.